The minimum atomic E-state index is -0.0324. The van der Waals surface area contributed by atoms with E-state index < -0.39 is 0 Å². The van der Waals surface area contributed by atoms with Crippen LogP contribution in [0.3, 0.4) is 0 Å². The quantitative estimate of drug-likeness (QED) is 0.654. The van der Waals surface area contributed by atoms with Crippen LogP contribution < -0.4 is 10.3 Å². The zero-order valence-electron chi connectivity index (χ0n) is 17.4. The fraction of sp³-hybridized carbons (Fsp3) is 0.478. The van der Waals surface area contributed by atoms with E-state index in [-0.39, 0.29) is 5.56 Å². The monoisotopic (exact) mass is 424 g/mol. The first-order valence-electron chi connectivity index (χ1n) is 10.8. The summed E-state index contributed by atoms with van der Waals surface area (Å²) in [5.41, 5.74) is 1.83. The van der Waals surface area contributed by atoms with Gasteiger partial charge in [0, 0.05) is 17.5 Å². The second kappa shape index (κ2) is 8.49. The normalized spacial score (nSPS) is 20.4. The van der Waals surface area contributed by atoms with Crippen molar-refractivity contribution in [3.05, 3.63) is 46.5 Å². The second-order valence-corrected chi connectivity index (χ2v) is 9.39. The fourth-order valence-corrected chi connectivity index (χ4v) is 5.72. The Morgan fingerprint density at radius 2 is 1.97 bits per heavy atom. The van der Waals surface area contributed by atoms with Crippen LogP contribution in [0.5, 0.6) is 5.75 Å². The Hall–Kier alpha value is -2.22. The molecule has 1 aromatic carbocycles. The lowest BCUT2D eigenvalue weighted by Gasteiger charge is -2.28. The zero-order chi connectivity index (χ0) is 20.5. The summed E-state index contributed by atoms with van der Waals surface area (Å²) in [6.45, 7) is 5.41. The third kappa shape index (κ3) is 4.02. The number of fused-ring (bicyclic) bond motifs is 1. The Morgan fingerprint density at radius 3 is 2.73 bits per heavy atom. The molecule has 0 amide bonds. The molecule has 2 fully saturated rings. The van der Waals surface area contributed by atoms with E-state index >= 15 is 0 Å². The molecule has 7 heteroatoms. The van der Waals surface area contributed by atoms with Crippen LogP contribution in [0.1, 0.15) is 31.5 Å². The number of hydrogen-bond acceptors (Lipinski definition) is 6. The fourth-order valence-electron chi connectivity index (χ4n) is 4.73. The Morgan fingerprint density at radius 1 is 1.17 bits per heavy atom. The van der Waals surface area contributed by atoms with Gasteiger partial charge in [-0.3, -0.25) is 9.69 Å². The van der Waals surface area contributed by atoms with Crippen molar-refractivity contribution in [1.82, 2.24) is 19.8 Å². The summed E-state index contributed by atoms with van der Waals surface area (Å²) in [7, 11) is 1.66. The van der Waals surface area contributed by atoms with Crippen molar-refractivity contribution in [3.63, 3.8) is 0 Å². The van der Waals surface area contributed by atoms with E-state index in [9.17, 15) is 4.79 Å². The summed E-state index contributed by atoms with van der Waals surface area (Å²) in [5.74, 6) is 1.60. The van der Waals surface area contributed by atoms with Crippen molar-refractivity contribution >= 4 is 21.6 Å². The Labute approximate surface area is 180 Å². The van der Waals surface area contributed by atoms with Crippen LogP contribution in [0.4, 0.5) is 0 Å². The maximum absolute atomic E-state index is 12.7. The average molecular weight is 425 g/mol. The number of benzene rings is 1. The lowest BCUT2D eigenvalue weighted by atomic mass is 10.2. The molecular formula is C23H28N4O2S. The number of methoxy groups -OCH3 is 1. The number of ether oxygens (including phenoxy) is 1. The van der Waals surface area contributed by atoms with Crippen LogP contribution in [-0.4, -0.2) is 59.1 Å². The molecular weight excluding hydrogens is 396 g/mol. The smallest absolute Gasteiger partial charge is 0.268 e. The third-order valence-electron chi connectivity index (χ3n) is 6.33. The molecule has 2 aliphatic rings. The van der Waals surface area contributed by atoms with Crippen molar-refractivity contribution in [3.8, 4) is 16.2 Å². The van der Waals surface area contributed by atoms with E-state index in [0.29, 0.717) is 10.7 Å². The summed E-state index contributed by atoms with van der Waals surface area (Å²) in [5, 5.41) is 0. The van der Waals surface area contributed by atoms with Gasteiger partial charge in [0.1, 0.15) is 16.3 Å². The predicted molar refractivity (Wildman–Crippen MR) is 121 cm³/mol. The van der Waals surface area contributed by atoms with Gasteiger partial charge >= 0.3 is 0 Å². The summed E-state index contributed by atoms with van der Waals surface area (Å²) in [6, 6.07) is 10.5. The molecule has 6 nitrogen and oxygen atoms in total. The number of nitrogens with zero attached hydrogens (tertiary/aromatic N) is 3. The van der Waals surface area contributed by atoms with E-state index in [4.69, 9.17) is 9.72 Å². The predicted octanol–water partition coefficient (Wildman–Crippen LogP) is 3.72. The largest absolute Gasteiger partial charge is 0.497 e. The van der Waals surface area contributed by atoms with Crippen LogP contribution in [0.2, 0.25) is 0 Å². The summed E-state index contributed by atoms with van der Waals surface area (Å²) < 4.78 is 5.93. The number of rotatable bonds is 6. The first-order valence-corrected chi connectivity index (χ1v) is 11.6. The molecule has 1 atom stereocenters. The van der Waals surface area contributed by atoms with Crippen LogP contribution in [0.15, 0.2) is 35.1 Å². The molecule has 0 aliphatic carbocycles. The second-order valence-electron chi connectivity index (χ2n) is 8.34. The molecule has 0 bridgehead atoms. The number of thiophene rings is 1. The minimum Gasteiger partial charge on any atom is -0.497 e. The van der Waals surface area contributed by atoms with Gasteiger partial charge in [-0.2, -0.15) is 0 Å². The third-order valence-corrected chi connectivity index (χ3v) is 7.50. The number of aromatic nitrogens is 2. The average Bonchev–Trinajstić information content (AvgIpc) is 3.51. The molecule has 2 aromatic heterocycles. The van der Waals surface area contributed by atoms with Gasteiger partial charge in [-0.05, 0) is 81.2 Å². The summed E-state index contributed by atoms with van der Waals surface area (Å²) in [4.78, 5) is 26.7. The number of H-pyrrole nitrogens is 1. The highest BCUT2D eigenvalue weighted by Crippen LogP contribution is 2.32. The SMILES string of the molecule is COc1ccc(-c2cc3nc(CN4CCCC4CN4CCCC4)[nH]c(=O)c3s2)cc1. The van der Waals surface area contributed by atoms with Crippen molar-refractivity contribution < 1.29 is 4.74 Å². The van der Waals surface area contributed by atoms with E-state index in [0.717, 1.165) is 47.2 Å². The molecule has 0 saturated carbocycles. The van der Waals surface area contributed by atoms with Gasteiger partial charge in [-0.25, -0.2) is 4.98 Å². The van der Waals surface area contributed by atoms with Crippen LogP contribution in [-0.2, 0) is 6.54 Å². The van der Waals surface area contributed by atoms with Crippen molar-refractivity contribution in [1.29, 1.82) is 0 Å². The van der Waals surface area contributed by atoms with Crippen LogP contribution in [0.25, 0.3) is 20.7 Å². The molecule has 5 rings (SSSR count). The lowest BCUT2D eigenvalue weighted by Crippen LogP contribution is -2.39. The van der Waals surface area contributed by atoms with Gasteiger partial charge in [0.15, 0.2) is 0 Å². The lowest BCUT2D eigenvalue weighted by molar-refractivity contribution is 0.182. The molecule has 1 N–H and O–H groups in total. The highest BCUT2D eigenvalue weighted by Gasteiger charge is 2.28. The van der Waals surface area contributed by atoms with Gasteiger partial charge in [0.25, 0.3) is 5.56 Å². The minimum absolute atomic E-state index is 0.0324. The summed E-state index contributed by atoms with van der Waals surface area (Å²) in [6.07, 6.45) is 5.12. The first-order chi connectivity index (χ1) is 14.7. The van der Waals surface area contributed by atoms with Gasteiger partial charge in [-0.1, -0.05) is 0 Å². The molecule has 3 aromatic rings. The first kappa shape index (κ1) is 19.7. The molecule has 0 spiro atoms. The maximum atomic E-state index is 12.7. The molecule has 1 unspecified atom stereocenters. The van der Waals surface area contributed by atoms with E-state index in [1.807, 2.05) is 30.3 Å². The Balaban J connectivity index is 1.36. The van der Waals surface area contributed by atoms with E-state index in [2.05, 4.69) is 14.8 Å². The Kier molecular flexibility index (Phi) is 5.58. The standard InChI is InChI=1S/C23H28N4O2S/c1-29-18-8-6-16(7-9-18)20-13-19-22(30-20)23(28)25-21(24-19)15-27-12-4-5-17(27)14-26-10-2-3-11-26/h6-9,13,17H,2-5,10-12,14-15H2,1H3,(H,24,25,28). The number of likely N-dealkylation sites (tertiary alicyclic amines) is 2. The molecule has 0 radical (unpaired) electrons. The van der Waals surface area contributed by atoms with Gasteiger partial charge in [0.05, 0.1) is 19.2 Å². The number of nitrogens with one attached hydrogen (secondary N) is 1. The topological polar surface area (TPSA) is 61.5 Å². The van der Waals surface area contributed by atoms with Crippen molar-refractivity contribution in [2.24, 2.45) is 0 Å². The zero-order valence-corrected chi connectivity index (χ0v) is 18.2. The number of aromatic amines is 1. The Bertz CT molecular complexity index is 1070. The van der Waals surface area contributed by atoms with E-state index in [1.165, 1.54) is 50.1 Å². The maximum Gasteiger partial charge on any atom is 0.268 e. The van der Waals surface area contributed by atoms with E-state index in [1.54, 1.807) is 7.11 Å². The van der Waals surface area contributed by atoms with Gasteiger partial charge < -0.3 is 14.6 Å². The highest BCUT2D eigenvalue weighted by atomic mass is 32.1. The molecule has 2 saturated heterocycles. The summed E-state index contributed by atoms with van der Waals surface area (Å²) >= 11 is 1.50. The van der Waals surface area contributed by atoms with Crippen LogP contribution in [0, 0.1) is 0 Å². The van der Waals surface area contributed by atoms with Crippen molar-refractivity contribution in [2.45, 2.75) is 38.3 Å². The van der Waals surface area contributed by atoms with Crippen LogP contribution >= 0.6 is 11.3 Å². The molecule has 30 heavy (non-hydrogen) atoms. The van der Waals surface area contributed by atoms with Gasteiger partial charge in [-0.15, -0.1) is 11.3 Å². The van der Waals surface area contributed by atoms with Gasteiger partial charge in [0.2, 0.25) is 0 Å². The highest BCUT2D eigenvalue weighted by molar-refractivity contribution is 7.22. The van der Waals surface area contributed by atoms with Crippen molar-refractivity contribution in [2.75, 3.05) is 33.3 Å². The molecule has 4 heterocycles. The molecule has 158 valence electrons. The number of hydrogen-bond donors (Lipinski definition) is 1. The molecule has 2 aliphatic heterocycles.